The Labute approximate surface area is 368 Å². The van der Waals surface area contributed by atoms with Crippen molar-refractivity contribution < 1.29 is 4.42 Å². The molecule has 0 radical (unpaired) electrons. The minimum absolute atomic E-state index is 0.257. The number of unbranched alkanes of at least 4 members (excludes halogenated alkanes) is 4. The van der Waals surface area contributed by atoms with Crippen LogP contribution >= 0.6 is 0 Å². The van der Waals surface area contributed by atoms with E-state index in [9.17, 15) is 0 Å². The fraction of sp³-hybridized carbons (Fsp3) is 0.327. The van der Waals surface area contributed by atoms with Gasteiger partial charge in [-0.15, -0.1) is 0 Å². The summed E-state index contributed by atoms with van der Waals surface area (Å²) in [6.45, 7) is 13.3. The molecule has 4 heterocycles. The standard InChI is InChI=1S/C55H62N6O/c1-41(2)49-37-50-48-25-15-16-26-51(48)62-54(50)52(42(3)4)53(49)61-47(38-56-55(61)44-20-10-7-11-21-44)24-12-6-5-9-19-43-27-29-46(30-28-43)60-36-34-58(40-60)32-18-17-31-57-33-35-59(39-57)45-22-13-8-14-23-45/h7-8,10-11,13-16,20-23,25-30,33-38,41-42H,5-6,9,12,17-19,24,31-32,39-40H2,1-4H3. The van der Waals surface area contributed by atoms with Crippen molar-refractivity contribution in [3.63, 3.8) is 0 Å². The third-order valence-electron chi connectivity index (χ3n) is 12.7. The lowest BCUT2D eigenvalue weighted by Gasteiger charge is -2.24. The molecule has 0 saturated carbocycles. The molecular formula is C55H62N6O. The number of benzene rings is 5. The van der Waals surface area contributed by atoms with Gasteiger partial charge in [0.15, 0.2) is 0 Å². The van der Waals surface area contributed by atoms with Gasteiger partial charge in [-0.05, 0) is 97.9 Å². The number of nitrogens with zero attached hydrogens (tertiary/aromatic N) is 6. The van der Waals surface area contributed by atoms with Crippen LogP contribution in [0, 0.1) is 0 Å². The summed E-state index contributed by atoms with van der Waals surface area (Å²) in [6.07, 6.45) is 20.2. The van der Waals surface area contributed by atoms with E-state index in [1.165, 1.54) is 82.3 Å². The van der Waals surface area contributed by atoms with Crippen molar-refractivity contribution in [2.75, 3.05) is 36.2 Å². The number of hydrogen-bond acceptors (Lipinski definition) is 6. The number of hydrogen-bond donors (Lipinski definition) is 0. The number of para-hydroxylation sites is 2. The lowest BCUT2D eigenvalue weighted by Crippen LogP contribution is -2.27. The fourth-order valence-corrected chi connectivity index (χ4v) is 9.37. The maximum absolute atomic E-state index is 6.70. The monoisotopic (exact) mass is 822 g/mol. The van der Waals surface area contributed by atoms with E-state index < -0.39 is 0 Å². The molecule has 0 bridgehead atoms. The van der Waals surface area contributed by atoms with Gasteiger partial charge in [-0.3, -0.25) is 4.57 Å². The van der Waals surface area contributed by atoms with Crippen LogP contribution in [-0.2, 0) is 12.8 Å². The zero-order valence-corrected chi connectivity index (χ0v) is 37.1. The number of furan rings is 1. The van der Waals surface area contributed by atoms with Crippen molar-refractivity contribution >= 4 is 33.3 Å². The largest absolute Gasteiger partial charge is 0.456 e. The van der Waals surface area contributed by atoms with Gasteiger partial charge in [-0.2, -0.15) is 0 Å². The molecule has 0 unspecified atom stereocenters. The van der Waals surface area contributed by atoms with Crippen molar-refractivity contribution in [3.05, 3.63) is 169 Å². The van der Waals surface area contributed by atoms with Crippen LogP contribution in [0.15, 0.2) is 151 Å². The molecule has 2 aliphatic heterocycles. The first kappa shape index (κ1) is 41.2. The number of fused-ring (bicyclic) bond motifs is 3. The zero-order chi connectivity index (χ0) is 42.4. The van der Waals surface area contributed by atoms with E-state index >= 15 is 0 Å². The third-order valence-corrected chi connectivity index (χ3v) is 12.7. The van der Waals surface area contributed by atoms with E-state index in [2.05, 4.69) is 198 Å². The van der Waals surface area contributed by atoms with Gasteiger partial charge in [-0.1, -0.05) is 119 Å². The Hall–Kier alpha value is -6.21. The van der Waals surface area contributed by atoms with Crippen LogP contribution in [0.2, 0.25) is 0 Å². The summed E-state index contributed by atoms with van der Waals surface area (Å²) in [5.74, 6) is 1.58. The summed E-state index contributed by atoms with van der Waals surface area (Å²) in [6, 6.07) is 41.4. The highest BCUT2D eigenvalue weighted by Crippen LogP contribution is 2.43. The fourth-order valence-electron chi connectivity index (χ4n) is 9.37. The van der Waals surface area contributed by atoms with Crippen LogP contribution in [-0.4, -0.2) is 45.8 Å². The van der Waals surface area contributed by atoms with E-state index in [1.54, 1.807) is 0 Å². The van der Waals surface area contributed by atoms with Crippen molar-refractivity contribution in [1.82, 2.24) is 19.4 Å². The molecule has 0 spiro atoms. The van der Waals surface area contributed by atoms with E-state index in [0.717, 1.165) is 68.2 Å². The van der Waals surface area contributed by atoms with Crippen molar-refractivity contribution in [1.29, 1.82) is 0 Å². The van der Waals surface area contributed by atoms with Gasteiger partial charge in [0.2, 0.25) is 0 Å². The Bertz CT molecular complexity index is 2620. The number of imidazole rings is 1. The molecule has 7 heteroatoms. The molecular weight excluding hydrogens is 761 g/mol. The lowest BCUT2D eigenvalue weighted by atomic mass is 9.89. The quantitative estimate of drug-likeness (QED) is 0.0804. The first-order chi connectivity index (χ1) is 30.4. The number of anilines is 2. The second kappa shape index (κ2) is 18.8. The van der Waals surface area contributed by atoms with Gasteiger partial charge in [0.1, 0.15) is 17.0 Å². The van der Waals surface area contributed by atoms with Crippen molar-refractivity contribution in [3.8, 4) is 17.1 Å². The summed E-state index contributed by atoms with van der Waals surface area (Å²) in [5, 5.41) is 2.39. The van der Waals surface area contributed by atoms with Gasteiger partial charge in [-0.25, -0.2) is 4.98 Å². The van der Waals surface area contributed by atoms with Crippen LogP contribution in [0.1, 0.15) is 100 Å². The number of aryl methyl sites for hydroxylation is 2. The van der Waals surface area contributed by atoms with Crippen LogP contribution in [0.3, 0.4) is 0 Å². The number of aromatic nitrogens is 2. The van der Waals surface area contributed by atoms with E-state index in [0.29, 0.717) is 5.92 Å². The van der Waals surface area contributed by atoms with Crippen molar-refractivity contribution in [2.45, 2.75) is 90.9 Å². The predicted molar refractivity (Wildman–Crippen MR) is 259 cm³/mol. The average molecular weight is 823 g/mol. The molecule has 0 N–H and O–H groups in total. The summed E-state index contributed by atoms with van der Waals surface area (Å²) in [5.41, 5.74) is 12.1. The summed E-state index contributed by atoms with van der Waals surface area (Å²) in [7, 11) is 0. The van der Waals surface area contributed by atoms with Crippen LogP contribution < -0.4 is 9.80 Å². The molecule has 9 rings (SSSR count). The maximum atomic E-state index is 6.70. The molecule has 5 aromatic carbocycles. The first-order valence-corrected chi connectivity index (χ1v) is 23.0. The van der Waals surface area contributed by atoms with Gasteiger partial charge in [0, 0.05) is 83.1 Å². The molecule has 0 atom stereocenters. The Balaban J connectivity index is 0.782. The molecule has 62 heavy (non-hydrogen) atoms. The van der Waals surface area contributed by atoms with Gasteiger partial charge < -0.3 is 24.0 Å². The molecule has 7 aromatic rings. The van der Waals surface area contributed by atoms with Crippen LogP contribution in [0.4, 0.5) is 11.4 Å². The van der Waals surface area contributed by atoms with Gasteiger partial charge in [0.25, 0.3) is 0 Å². The highest BCUT2D eigenvalue weighted by Gasteiger charge is 2.27. The molecule has 2 aliphatic rings. The predicted octanol–water partition coefficient (Wildman–Crippen LogP) is 13.6. The Morgan fingerprint density at radius 3 is 1.85 bits per heavy atom. The zero-order valence-electron chi connectivity index (χ0n) is 37.1. The maximum Gasteiger partial charge on any atom is 0.144 e. The molecule has 318 valence electrons. The molecule has 2 aromatic heterocycles. The minimum atomic E-state index is 0.257. The first-order valence-electron chi connectivity index (χ1n) is 23.0. The molecule has 0 saturated heterocycles. The molecule has 7 nitrogen and oxygen atoms in total. The summed E-state index contributed by atoms with van der Waals surface area (Å²) < 4.78 is 9.18. The van der Waals surface area contributed by atoms with Gasteiger partial charge >= 0.3 is 0 Å². The van der Waals surface area contributed by atoms with Crippen LogP contribution in [0.25, 0.3) is 39.0 Å². The number of rotatable bonds is 18. The second-order valence-electron chi connectivity index (χ2n) is 17.9. The van der Waals surface area contributed by atoms with Crippen molar-refractivity contribution in [2.24, 2.45) is 0 Å². The van der Waals surface area contributed by atoms with Gasteiger partial charge in [0.05, 0.1) is 19.0 Å². The topological polar surface area (TPSA) is 43.9 Å². The normalized spacial score (nSPS) is 14.0. The minimum Gasteiger partial charge on any atom is -0.456 e. The smallest absolute Gasteiger partial charge is 0.144 e. The highest BCUT2D eigenvalue weighted by molar-refractivity contribution is 6.07. The summed E-state index contributed by atoms with van der Waals surface area (Å²) >= 11 is 0. The molecule has 0 aliphatic carbocycles. The van der Waals surface area contributed by atoms with E-state index in [-0.39, 0.29) is 5.92 Å². The van der Waals surface area contributed by atoms with E-state index in [1.807, 2.05) is 0 Å². The highest BCUT2D eigenvalue weighted by atomic mass is 16.3. The molecule has 0 amide bonds. The SMILES string of the molecule is CC(C)c1cc2c(oc3ccccc32)c(C(C)C)c1-n1c(CCCCCCc2ccc(N3C=CN(CCCCN4C=CN(c5ccccc5)C4)C3)cc2)cnc1-c1ccccc1. The average Bonchev–Trinajstić information content (AvgIpc) is 4.13. The second-order valence-corrected chi connectivity index (χ2v) is 17.9. The Morgan fingerprint density at radius 2 is 1.19 bits per heavy atom. The Kier molecular flexibility index (Phi) is 12.5. The van der Waals surface area contributed by atoms with E-state index in [4.69, 9.17) is 9.40 Å². The van der Waals surface area contributed by atoms with Crippen LogP contribution in [0.5, 0.6) is 0 Å². The molecule has 0 fully saturated rings. The lowest BCUT2D eigenvalue weighted by molar-refractivity contribution is 0.354. The summed E-state index contributed by atoms with van der Waals surface area (Å²) in [4.78, 5) is 14.7. The third kappa shape index (κ3) is 8.90. The Morgan fingerprint density at radius 1 is 0.581 bits per heavy atom.